The molecule has 0 aliphatic rings. The molecule has 3 N–H and O–H groups in total. The number of aliphatic hydroxyl groups is 1. The van der Waals surface area contributed by atoms with Crippen LogP contribution in [0.4, 0.5) is 20.2 Å². The van der Waals surface area contributed by atoms with Gasteiger partial charge in [0.15, 0.2) is 11.6 Å². The van der Waals surface area contributed by atoms with Crippen molar-refractivity contribution < 1.29 is 23.5 Å². The van der Waals surface area contributed by atoms with Gasteiger partial charge in [0, 0.05) is 5.69 Å². The molecule has 0 aliphatic heterocycles. The van der Waals surface area contributed by atoms with Crippen molar-refractivity contribution in [3.8, 4) is 0 Å². The van der Waals surface area contributed by atoms with Crippen molar-refractivity contribution in [2.75, 3.05) is 18.5 Å². The molecule has 0 saturated heterocycles. The van der Waals surface area contributed by atoms with Crippen molar-refractivity contribution in [3.63, 3.8) is 0 Å². The zero-order valence-electron chi connectivity index (χ0n) is 13.3. The molecule has 2 aromatic carbocycles. The molecule has 0 radical (unpaired) electrons. The van der Waals surface area contributed by atoms with Gasteiger partial charge in [0.05, 0.1) is 24.5 Å². The molecule has 0 spiro atoms. The minimum absolute atomic E-state index is 0.116. The van der Waals surface area contributed by atoms with Gasteiger partial charge in [-0.3, -0.25) is 9.63 Å². The van der Waals surface area contributed by atoms with E-state index in [1.807, 2.05) is 26.0 Å². The van der Waals surface area contributed by atoms with Crippen LogP contribution >= 0.6 is 0 Å². The van der Waals surface area contributed by atoms with E-state index in [4.69, 9.17) is 9.94 Å². The van der Waals surface area contributed by atoms with Gasteiger partial charge in [0.1, 0.15) is 0 Å². The Hall–Kier alpha value is -2.51. The maximum Gasteiger partial charge on any atom is 0.277 e. The van der Waals surface area contributed by atoms with Crippen LogP contribution in [0.15, 0.2) is 30.3 Å². The number of rotatable bonds is 6. The Morgan fingerprint density at radius 3 is 2.62 bits per heavy atom. The van der Waals surface area contributed by atoms with Crippen LogP contribution in [0.1, 0.15) is 21.5 Å². The number of anilines is 2. The standard InChI is InChI=1S/C17H18F2N2O3/c1-10-3-6-14(11(2)9-10)20-16-12(4-5-13(18)15(16)19)17(23)21-24-8-7-22/h3-6,9,20,22H,7-8H2,1-2H3,(H,21,23). The number of nitrogens with one attached hydrogen (secondary N) is 2. The molecular formula is C17H18F2N2O3. The number of aliphatic hydroxyl groups excluding tert-OH is 1. The lowest BCUT2D eigenvalue weighted by Gasteiger charge is -2.15. The lowest BCUT2D eigenvalue weighted by Crippen LogP contribution is -2.26. The Morgan fingerprint density at radius 1 is 1.21 bits per heavy atom. The normalized spacial score (nSPS) is 10.5. The van der Waals surface area contributed by atoms with Crippen LogP contribution in [0.2, 0.25) is 0 Å². The molecule has 2 aromatic rings. The first kappa shape index (κ1) is 17.8. The molecule has 0 aliphatic carbocycles. The summed E-state index contributed by atoms with van der Waals surface area (Å²) in [5.74, 6) is -2.99. The molecule has 5 nitrogen and oxygen atoms in total. The van der Waals surface area contributed by atoms with Crippen molar-refractivity contribution in [3.05, 3.63) is 58.7 Å². The first-order valence-corrected chi connectivity index (χ1v) is 7.29. The summed E-state index contributed by atoms with van der Waals surface area (Å²) in [7, 11) is 0. The highest BCUT2D eigenvalue weighted by Crippen LogP contribution is 2.28. The summed E-state index contributed by atoms with van der Waals surface area (Å²) in [6, 6.07) is 7.44. The Bertz CT molecular complexity index is 751. The van der Waals surface area contributed by atoms with Crippen molar-refractivity contribution >= 4 is 17.3 Å². The number of benzene rings is 2. The van der Waals surface area contributed by atoms with Crippen LogP contribution in [0.5, 0.6) is 0 Å². The van der Waals surface area contributed by atoms with Crippen LogP contribution in [-0.2, 0) is 4.84 Å². The molecule has 2 rings (SSSR count). The zero-order valence-corrected chi connectivity index (χ0v) is 13.3. The van der Waals surface area contributed by atoms with Gasteiger partial charge in [-0.15, -0.1) is 0 Å². The summed E-state index contributed by atoms with van der Waals surface area (Å²) in [6.07, 6.45) is 0. The summed E-state index contributed by atoms with van der Waals surface area (Å²) in [6.45, 7) is 3.33. The molecule has 24 heavy (non-hydrogen) atoms. The molecule has 7 heteroatoms. The molecule has 128 valence electrons. The highest BCUT2D eigenvalue weighted by Gasteiger charge is 2.19. The molecule has 1 amide bonds. The Labute approximate surface area is 138 Å². The number of aryl methyl sites for hydroxylation is 2. The molecule has 0 fully saturated rings. The average molecular weight is 336 g/mol. The molecule has 0 unspecified atom stereocenters. The molecule has 0 bridgehead atoms. The van der Waals surface area contributed by atoms with Gasteiger partial charge < -0.3 is 10.4 Å². The van der Waals surface area contributed by atoms with Gasteiger partial charge in [-0.2, -0.15) is 0 Å². The number of halogens is 2. The number of amides is 1. The van der Waals surface area contributed by atoms with E-state index < -0.39 is 17.5 Å². The van der Waals surface area contributed by atoms with Crippen LogP contribution in [0.3, 0.4) is 0 Å². The van der Waals surface area contributed by atoms with Crippen molar-refractivity contribution in [2.24, 2.45) is 0 Å². The summed E-state index contributed by atoms with van der Waals surface area (Å²) in [4.78, 5) is 16.8. The fraction of sp³-hybridized carbons (Fsp3) is 0.235. The van der Waals surface area contributed by atoms with Crippen LogP contribution in [0, 0.1) is 25.5 Å². The Morgan fingerprint density at radius 2 is 1.96 bits per heavy atom. The van der Waals surface area contributed by atoms with Crippen LogP contribution in [-0.4, -0.2) is 24.2 Å². The lowest BCUT2D eigenvalue weighted by molar-refractivity contribution is 0.0168. The number of hydrogen-bond donors (Lipinski definition) is 3. The van der Waals surface area contributed by atoms with E-state index in [1.165, 1.54) is 0 Å². The predicted octanol–water partition coefficient (Wildman–Crippen LogP) is 2.98. The summed E-state index contributed by atoms with van der Waals surface area (Å²) in [5.41, 5.74) is 4.06. The Kier molecular flexibility index (Phi) is 5.83. The first-order valence-electron chi connectivity index (χ1n) is 7.29. The summed E-state index contributed by atoms with van der Waals surface area (Å²) < 4.78 is 27.8. The van der Waals surface area contributed by atoms with Crippen molar-refractivity contribution in [1.82, 2.24) is 5.48 Å². The largest absolute Gasteiger partial charge is 0.394 e. The second-order valence-corrected chi connectivity index (χ2v) is 5.23. The third kappa shape index (κ3) is 4.06. The smallest absolute Gasteiger partial charge is 0.277 e. The van der Waals surface area contributed by atoms with Crippen molar-refractivity contribution in [1.29, 1.82) is 0 Å². The summed E-state index contributed by atoms with van der Waals surface area (Å²) in [5, 5.41) is 11.4. The van der Waals surface area contributed by atoms with E-state index in [0.717, 1.165) is 23.3 Å². The van der Waals surface area contributed by atoms with E-state index in [2.05, 4.69) is 10.8 Å². The van der Waals surface area contributed by atoms with Crippen LogP contribution in [0.25, 0.3) is 0 Å². The zero-order chi connectivity index (χ0) is 17.7. The maximum atomic E-state index is 14.2. The fourth-order valence-corrected chi connectivity index (χ4v) is 2.17. The number of carbonyl (C=O) groups excluding carboxylic acids is 1. The number of hydrogen-bond acceptors (Lipinski definition) is 4. The molecule has 0 atom stereocenters. The summed E-state index contributed by atoms with van der Waals surface area (Å²) >= 11 is 0. The SMILES string of the molecule is Cc1ccc(Nc2c(C(=O)NOCCO)ccc(F)c2F)c(C)c1. The van der Waals surface area contributed by atoms with E-state index in [0.29, 0.717) is 5.69 Å². The van der Waals surface area contributed by atoms with E-state index in [-0.39, 0.29) is 24.5 Å². The molecular weight excluding hydrogens is 318 g/mol. The topological polar surface area (TPSA) is 70.6 Å². The second kappa shape index (κ2) is 7.85. The molecule has 0 aromatic heterocycles. The predicted molar refractivity (Wildman–Crippen MR) is 86.1 cm³/mol. The minimum Gasteiger partial charge on any atom is -0.394 e. The molecule has 0 saturated carbocycles. The highest BCUT2D eigenvalue weighted by molar-refractivity contribution is 6.00. The molecule has 0 heterocycles. The average Bonchev–Trinajstić information content (AvgIpc) is 2.54. The monoisotopic (exact) mass is 336 g/mol. The second-order valence-electron chi connectivity index (χ2n) is 5.23. The van der Waals surface area contributed by atoms with Gasteiger partial charge in [-0.25, -0.2) is 14.3 Å². The lowest BCUT2D eigenvalue weighted by atomic mass is 10.1. The number of carbonyl (C=O) groups is 1. The van der Waals surface area contributed by atoms with Gasteiger partial charge in [0.2, 0.25) is 0 Å². The minimum atomic E-state index is -1.16. The van der Waals surface area contributed by atoms with Gasteiger partial charge in [-0.1, -0.05) is 17.7 Å². The Balaban J connectivity index is 2.36. The third-order valence-corrected chi connectivity index (χ3v) is 3.34. The van der Waals surface area contributed by atoms with E-state index in [9.17, 15) is 13.6 Å². The van der Waals surface area contributed by atoms with E-state index >= 15 is 0 Å². The number of hydroxylamine groups is 1. The van der Waals surface area contributed by atoms with Crippen LogP contribution < -0.4 is 10.8 Å². The highest BCUT2D eigenvalue weighted by atomic mass is 19.2. The maximum absolute atomic E-state index is 14.2. The van der Waals surface area contributed by atoms with Gasteiger partial charge >= 0.3 is 0 Å². The van der Waals surface area contributed by atoms with Gasteiger partial charge in [-0.05, 0) is 37.6 Å². The quantitative estimate of drug-likeness (QED) is 0.560. The van der Waals surface area contributed by atoms with E-state index in [1.54, 1.807) is 6.07 Å². The fourth-order valence-electron chi connectivity index (χ4n) is 2.17. The van der Waals surface area contributed by atoms with Gasteiger partial charge in [0.25, 0.3) is 5.91 Å². The first-order chi connectivity index (χ1) is 11.4. The third-order valence-electron chi connectivity index (χ3n) is 3.34. The van der Waals surface area contributed by atoms with Crippen molar-refractivity contribution in [2.45, 2.75) is 13.8 Å².